The second-order valence-corrected chi connectivity index (χ2v) is 5.08. The van der Waals surface area contributed by atoms with Gasteiger partial charge in [-0.2, -0.15) is 0 Å². The van der Waals surface area contributed by atoms with Crippen molar-refractivity contribution >= 4 is 5.69 Å². The highest BCUT2D eigenvalue weighted by atomic mass is 15.1. The SMILES string of the molecule is CNc1ccccc1CC[C@@H]1CCCCN1C. The Labute approximate surface area is 105 Å². The summed E-state index contributed by atoms with van der Waals surface area (Å²) < 4.78 is 0. The van der Waals surface area contributed by atoms with Crippen molar-refractivity contribution in [3.05, 3.63) is 29.8 Å². The van der Waals surface area contributed by atoms with Crippen LogP contribution in [0.25, 0.3) is 0 Å². The smallest absolute Gasteiger partial charge is 0.0370 e. The summed E-state index contributed by atoms with van der Waals surface area (Å²) in [5.41, 5.74) is 2.74. The molecular formula is C15H24N2. The number of nitrogens with one attached hydrogen (secondary N) is 1. The van der Waals surface area contributed by atoms with Crippen molar-refractivity contribution in [2.45, 2.75) is 38.1 Å². The summed E-state index contributed by atoms with van der Waals surface area (Å²) in [7, 11) is 4.28. The first-order chi connectivity index (χ1) is 8.31. The number of anilines is 1. The van der Waals surface area contributed by atoms with E-state index >= 15 is 0 Å². The molecule has 1 saturated heterocycles. The summed E-state index contributed by atoms with van der Waals surface area (Å²) in [6.45, 7) is 1.28. The van der Waals surface area contributed by atoms with Crippen LogP contribution in [0.4, 0.5) is 5.69 Å². The first kappa shape index (κ1) is 12.4. The molecule has 1 aromatic rings. The Morgan fingerprint density at radius 1 is 1.29 bits per heavy atom. The van der Waals surface area contributed by atoms with Crippen molar-refractivity contribution < 1.29 is 0 Å². The van der Waals surface area contributed by atoms with Crippen LogP contribution < -0.4 is 5.32 Å². The Hall–Kier alpha value is -1.02. The van der Waals surface area contributed by atoms with Crippen molar-refractivity contribution in [2.75, 3.05) is 26.0 Å². The Bertz CT molecular complexity index is 349. The van der Waals surface area contributed by atoms with E-state index in [4.69, 9.17) is 0 Å². The summed E-state index contributed by atoms with van der Waals surface area (Å²) in [4.78, 5) is 2.53. The van der Waals surface area contributed by atoms with Crippen LogP contribution in [0.1, 0.15) is 31.2 Å². The van der Waals surface area contributed by atoms with Crippen LogP contribution >= 0.6 is 0 Å². The predicted octanol–water partition coefficient (Wildman–Crippen LogP) is 3.15. The average molecular weight is 232 g/mol. The normalized spacial score (nSPS) is 21.4. The van der Waals surface area contributed by atoms with Gasteiger partial charge < -0.3 is 10.2 Å². The number of para-hydroxylation sites is 1. The molecule has 1 aliphatic rings. The number of benzene rings is 1. The van der Waals surface area contributed by atoms with Crippen molar-refractivity contribution in [1.82, 2.24) is 4.90 Å². The van der Waals surface area contributed by atoms with Crippen molar-refractivity contribution in [3.8, 4) is 0 Å². The maximum absolute atomic E-state index is 3.28. The minimum absolute atomic E-state index is 0.786. The number of hydrogen-bond acceptors (Lipinski definition) is 2. The van der Waals surface area contributed by atoms with E-state index in [1.165, 1.54) is 49.9 Å². The van der Waals surface area contributed by atoms with Gasteiger partial charge >= 0.3 is 0 Å². The topological polar surface area (TPSA) is 15.3 Å². The van der Waals surface area contributed by atoms with Gasteiger partial charge in [0.2, 0.25) is 0 Å². The lowest BCUT2D eigenvalue weighted by molar-refractivity contribution is 0.176. The molecule has 2 rings (SSSR count). The minimum atomic E-state index is 0.786. The first-order valence-corrected chi connectivity index (χ1v) is 6.77. The zero-order chi connectivity index (χ0) is 12.1. The Morgan fingerprint density at radius 2 is 2.12 bits per heavy atom. The largest absolute Gasteiger partial charge is 0.388 e. The quantitative estimate of drug-likeness (QED) is 0.858. The van der Waals surface area contributed by atoms with E-state index in [9.17, 15) is 0 Å². The molecule has 0 aliphatic carbocycles. The van der Waals surface area contributed by atoms with E-state index in [-0.39, 0.29) is 0 Å². The van der Waals surface area contributed by atoms with Crippen LogP contribution in [-0.2, 0) is 6.42 Å². The maximum Gasteiger partial charge on any atom is 0.0370 e. The Balaban J connectivity index is 1.92. The lowest BCUT2D eigenvalue weighted by atomic mass is 9.96. The van der Waals surface area contributed by atoms with E-state index in [2.05, 4.69) is 41.5 Å². The lowest BCUT2D eigenvalue weighted by Crippen LogP contribution is -2.36. The van der Waals surface area contributed by atoms with Crippen molar-refractivity contribution in [3.63, 3.8) is 0 Å². The van der Waals surface area contributed by atoms with Crippen LogP contribution in [-0.4, -0.2) is 31.6 Å². The molecule has 0 amide bonds. The second kappa shape index (κ2) is 6.06. The summed E-state index contributed by atoms with van der Waals surface area (Å²) >= 11 is 0. The maximum atomic E-state index is 3.28. The van der Waals surface area contributed by atoms with E-state index in [0.29, 0.717) is 0 Å². The second-order valence-electron chi connectivity index (χ2n) is 5.08. The van der Waals surface area contributed by atoms with Gasteiger partial charge in [-0.3, -0.25) is 0 Å². The van der Waals surface area contributed by atoms with Crippen LogP contribution in [0.3, 0.4) is 0 Å². The molecule has 1 aliphatic heterocycles. The number of hydrogen-bond donors (Lipinski definition) is 1. The van der Waals surface area contributed by atoms with Gasteiger partial charge in [0, 0.05) is 18.8 Å². The van der Waals surface area contributed by atoms with Gasteiger partial charge in [0.15, 0.2) is 0 Å². The molecule has 1 fully saturated rings. The molecule has 0 bridgehead atoms. The van der Waals surface area contributed by atoms with Gasteiger partial charge in [-0.15, -0.1) is 0 Å². The number of likely N-dealkylation sites (tertiary alicyclic amines) is 1. The van der Waals surface area contributed by atoms with Crippen molar-refractivity contribution in [2.24, 2.45) is 0 Å². The highest BCUT2D eigenvalue weighted by Gasteiger charge is 2.18. The zero-order valence-corrected chi connectivity index (χ0v) is 11.1. The molecule has 0 aromatic heterocycles. The molecule has 2 nitrogen and oxygen atoms in total. The Morgan fingerprint density at radius 3 is 2.88 bits per heavy atom. The highest BCUT2D eigenvalue weighted by molar-refractivity contribution is 5.50. The van der Waals surface area contributed by atoms with Gasteiger partial charge in [-0.05, 0) is 50.9 Å². The zero-order valence-electron chi connectivity index (χ0n) is 11.1. The van der Waals surface area contributed by atoms with Crippen LogP contribution in [0.15, 0.2) is 24.3 Å². The molecule has 0 unspecified atom stereocenters. The summed E-state index contributed by atoms with van der Waals surface area (Å²) in [5, 5.41) is 3.28. The summed E-state index contributed by atoms with van der Waals surface area (Å²) in [6, 6.07) is 9.44. The molecule has 1 aromatic carbocycles. The standard InChI is InChI=1S/C15H24N2/c1-16-15-9-4-3-7-13(15)10-11-14-8-5-6-12-17(14)2/h3-4,7,9,14,16H,5-6,8,10-12H2,1-2H3/t14-/m0/s1. The number of nitrogens with zero attached hydrogens (tertiary/aromatic N) is 1. The molecule has 17 heavy (non-hydrogen) atoms. The minimum Gasteiger partial charge on any atom is -0.388 e. The molecular weight excluding hydrogens is 208 g/mol. The first-order valence-electron chi connectivity index (χ1n) is 6.77. The molecule has 2 heteroatoms. The third kappa shape index (κ3) is 3.22. The summed E-state index contributed by atoms with van der Waals surface area (Å²) in [5.74, 6) is 0. The highest BCUT2D eigenvalue weighted by Crippen LogP contribution is 2.22. The summed E-state index contributed by atoms with van der Waals surface area (Å²) in [6.07, 6.45) is 6.63. The van der Waals surface area contributed by atoms with Crippen LogP contribution in [0.2, 0.25) is 0 Å². The number of rotatable bonds is 4. The fraction of sp³-hybridized carbons (Fsp3) is 0.600. The predicted molar refractivity (Wildman–Crippen MR) is 74.6 cm³/mol. The molecule has 94 valence electrons. The molecule has 1 atom stereocenters. The van der Waals surface area contributed by atoms with E-state index in [1.807, 2.05) is 7.05 Å². The van der Waals surface area contributed by atoms with Crippen LogP contribution in [0.5, 0.6) is 0 Å². The van der Waals surface area contributed by atoms with Gasteiger partial charge in [0.1, 0.15) is 0 Å². The van der Waals surface area contributed by atoms with Gasteiger partial charge in [0.25, 0.3) is 0 Å². The number of aryl methyl sites for hydroxylation is 1. The Kier molecular flexibility index (Phi) is 4.43. The van der Waals surface area contributed by atoms with E-state index in [1.54, 1.807) is 0 Å². The van der Waals surface area contributed by atoms with Gasteiger partial charge in [-0.25, -0.2) is 0 Å². The van der Waals surface area contributed by atoms with E-state index in [0.717, 1.165) is 6.04 Å². The molecule has 0 saturated carbocycles. The third-order valence-corrected chi connectivity index (χ3v) is 3.96. The third-order valence-electron chi connectivity index (χ3n) is 3.96. The van der Waals surface area contributed by atoms with E-state index < -0.39 is 0 Å². The fourth-order valence-corrected chi connectivity index (χ4v) is 2.81. The molecule has 1 N–H and O–H groups in total. The lowest BCUT2D eigenvalue weighted by Gasteiger charge is -2.32. The number of piperidine rings is 1. The van der Waals surface area contributed by atoms with Crippen molar-refractivity contribution in [1.29, 1.82) is 0 Å². The van der Waals surface area contributed by atoms with Crippen LogP contribution in [0, 0.1) is 0 Å². The van der Waals surface area contributed by atoms with Gasteiger partial charge in [-0.1, -0.05) is 24.6 Å². The van der Waals surface area contributed by atoms with Gasteiger partial charge in [0.05, 0.1) is 0 Å². The average Bonchev–Trinajstić information content (AvgIpc) is 2.38. The molecule has 0 radical (unpaired) electrons. The monoisotopic (exact) mass is 232 g/mol. The molecule has 0 spiro atoms. The molecule has 1 heterocycles. The fourth-order valence-electron chi connectivity index (χ4n) is 2.81.